The van der Waals surface area contributed by atoms with Crippen molar-refractivity contribution >= 4 is 46.1 Å². The van der Waals surface area contributed by atoms with E-state index in [1.807, 2.05) is 4.57 Å². The first kappa shape index (κ1) is 25.3. The third kappa shape index (κ3) is 4.37. The second kappa shape index (κ2) is 9.33. The molecule has 6 rings (SSSR count). The second-order valence-corrected chi connectivity index (χ2v) is 11.0. The van der Waals surface area contributed by atoms with Gasteiger partial charge in [0.2, 0.25) is 0 Å². The van der Waals surface area contributed by atoms with Crippen LogP contribution >= 0.6 is 46.1 Å². The fourth-order valence-electron chi connectivity index (χ4n) is 4.21. The second-order valence-electron chi connectivity index (χ2n) is 8.75. The number of aromatic nitrogens is 7. The van der Waals surface area contributed by atoms with E-state index in [4.69, 9.17) is 39.8 Å². The standard InChI is InChI=1S/C24H15Cl3F3N7S/c25-13-1-4-15(5-2-13)37-18(10-36-12-31-11-32-36)19(33-20(37)16-6-3-14(26)9-17(16)27)21-34-35-22(38-21)23(7-8-23)24(28,29)30/h1-6,9,11-12H,7-8,10H2. The maximum Gasteiger partial charge on any atom is 0.400 e. The highest BCUT2D eigenvalue weighted by Crippen LogP contribution is 2.59. The van der Waals surface area contributed by atoms with Crippen molar-refractivity contribution < 1.29 is 13.2 Å². The van der Waals surface area contributed by atoms with Crippen molar-refractivity contribution in [3.63, 3.8) is 0 Å². The Morgan fingerprint density at radius 3 is 2.34 bits per heavy atom. The molecular weight excluding hydrogens is 582 g/mol. The Hall–Kier alpha value is -2.99. The van der Waals surface area contributed by atoms with Gasteiger partial charge in [-0.15, -0.1) is 10.2 Å². The normalized spacial score (nSPS) is 14.7. The summed E-state index contributed by atoms with van der Waals surface area (Å²) in [6.07, 6.45) is -1.50. The molecule has 14 heteroatoms. The van der Waals surface area contributed by atoms with E-state index in [1.165, 1.54) is 12.7 Å². The predicted molar refractivity (Wildman–Crippen MR) is 139 cm³/mol. The zero-order valence-corrected chi connectivity index (χ0v) is 22.2. The van der Waals surface area contributed by atoms with Gasteiger partial charge in [-0.2, -0.15) is 18.3 Å². The first-order valence-electron chi connectivity index (χ1n) is 11.2. The van der Waals surface area contributed by atoms with E-state index in [1.54, 1.807) is 47.1 Å². The Balaban J connectivity index is 1.59. The fourth-order valence-corrected chi connectivity index (χ4v) is 5.96. The first-order valence-corrected chi connectivity index (χ1v) is 13.2. The Morgan fingerprint density at radius 2 is 1.71 bits per heavy atom. The van der Waals surface area contributed by atoms with Gasteiger partial charge in [-0.25, -0.2) is 14.6 Å². The molecule has 1 aliphatic rings. The molecule has 0 aliphatic heterocycles. The molecule has 0 saturated heterocycles. The average Bonchev–Trinajstić information content (AvgIpc) is 3.19. The number of hydrogen-bond donors (Lipinski definition) is 0. The molecule has 0 spiro atoms. The average molecular weight is 597 g/mol. The van der Waals surface area contributed by atoms with E-state index in [-0.39, 0.29) is 29.4 Å². The third-order valence-electron chi connectivity index (χ3n) is 6.34. The zero-order chi connectivity index (χ0) is 26.7. The molecule has 1 fully saturated rings. The minimum Gasteiger partial charge on any atom is -0.294 e. The number of hydrogen-bond acceptors (Lipinski definition) is 6. The lowest BCUT2D eigenvalue weighted by Gasteiger charge is -2.15. The summed E-state index contributed by atoms with van der Waals surface area (Å²) < 4.78 is 44.9. The van der Waals surface area contributed by atoms with Crippen LogP contribution in [0.1, 0.15) is 23.5 Å². The lowest BCUT2D eigenvalue weighted by atomic mass is 10.1. The molecule has 3 aromatic heterocycles. The maximum absolute atomic E-state index is 13.8. The van der Waals surface area contributed by atoms with Crippen molar-refractivity contribution in [3.05, 3.63) is 80.9 Å². The van der Waals surface area contributed by atoms with Crippen molar-refractivity contribution in [3.8, 4) is 27.8 Å². The van der Waals surface area contributed by atoms with Crippen molar-refractivity contribution in [2.45, 2.75) is 31.0 Å². The van der Waals surface area contributed by atoms with Crippen molar-refractivity contribution in [1.29, 1.82) is 0 Å². The molecule has 0 amide bonds. The Kier molecular flexibility index (Phi) is 6.21. The monoisotopic (exact) mass is 595 g/mol. The molecule has 1 aliphatic carbocycles. The lowest BCUT2D eigenvalue weighted by Crippen LogP contribution is -2.28. The lowest BCUT2D eigenvalue weighted by molar-refractivity contribution is -0.160. The van der Waals surface area contributed by atoms with Crippen LogP contribution in [0.3, 0.4) is 0 Å². The highest BCUT2D eigenvalue weighted by Gasteiger charge is 2.66. The van der Waals surface area contributed by atoms with Gasteiger partial charge < -0.3 is 0 Å². The number of rotatable bonds is 6. The van der Waals surface area contributed by atoms with Gasteiger partial charge >= 0.3 is 6.18 Å². The molecular formula is C24H15Cl3F3N7S. The Bertz CT molecular complexity index is 1630. The van der Waals surface area contributed by atoms with Gasteiger partial charge in [0.1, 0.15) is 34.6 Å². The molecule has 1 saturated carbocycles. The van der Waals surface area contributed by atoms with E-state index in [0.29, 0.717) is 43.5 Å². The predicted octanol–water partition coefficient (Wildman–Crippen LogP) is 7.25. The quantitative estimate of drug-likeness (QED) is 0.206. The molecule has 5 aromatic rings. The van der Waals surface area contributed by atoms with Crippen molar-refractivity contribution in [2.75, 3.05) is 0 Å². The molecule has 0 atom stereocenters. The van der Waals surface area contributed by atoms with Gasteiger partial charge in [-0.05, 0) is 55.3 Å². The number of alkyl halides is 3. The summed E-state index contributed by atoms with van der Waals surface area (Å²) in [6.45, 7) is 0.190. The van der Waals surface area contributed by atoms with E-state index in [2.05, 4.69) is 20.3 Å². The van der Waals surface area contributed by atoms with E-state index in [0.717, 1.165) is 11.3 Å². The molecule has 0 N–H and O–H groups in total. The van der Waals surface area contributed by atoms with Crippen LogP contribution in [0.2, 0.25) is 15.1 Å². The van der Waals surface area contributed by atoms with E-state index in [9.17, 15) is 13.2 Å². The van der Waals surface area contributed by atoms with Crippen LogP contribution in [0, 0.1) is 0 Å². The zero-order valence-electron chi connectivity index (χ0n) is 19.1. The summed E-state index contributed by atoms with van der Waals surface area (Å²) in [4.78, 5) is 8.88. The summed E-state index contributed by atoms with van der Waals surface area (Å²) in [5.41, 5.74) is 0.270. The van der Waals surface area contributed by atoms with Crippen molar-refractivity contribution in [1.82, 2.24) is 34.5 Å². The molecule has 38 heavy (non-hydrogen) atoms. The number of halogens is 6. The minimum atomic E-state index is -4.40. The van der Waals surface area contributed by atoms with Gasteiger partial charge in [0, 0.05) is 21.3 Å². The SMILES string of the molecule is FC(F)(F)C1(c2nnc(-c3nc(-c4ccc(Cl)cc4Cl)n(-c4ccc(Cl)cc4)c3Cn3cncn3)s2)CC1. The van der Waals surface area contributed by atoms with Gasteiger partial charge in [-0.1, -0.05) is 46.1 Å². The molecule has 2 aromatic carbocycles. The van der Waals surface area contributed by atoms with Gasteiger partial charge in [0.15, 0.2) is 5.01 Å². The summed E-state index contributed by atoms with van der Waals surface area (Å²) in [5, 5.41) is 13.8. The summed E-state index contributed by atoms with van der Waals surface area (Å²) >= 11 is 19.8. The molecule has 0 bridgehead atoms. The van der Waals surface area contributed by atoms with Gasteiger partial charge in [0.05, 0.1) is 17.3 Å². The maximum atomic E-state index is 13.8. The minimum absolute atomic E-state index is 0.0121. The highest BCUT2D eigenvalue weighted by atomic mass is 35.5. The van der Waals surface area contributed by atoms with E-state index < -0.39 is 11.6 Å². The van der Waals surface area contributed by atoms with Crippen LogP contribution in [-0.2, 0) is 12.0 Å². The molecule has 194 valence electrons. The first-order chi connectivity index (χ1) is 18.2. The Labute approximate surface area is 232 Å². The van der Waals surface area contributed by atoms with Gasteiger partial charge in [-0.3, -0.25) is 4.57 Å². The largest absolute Gasteiger partial charge is 0.400 e. The fraction of sp³-hybridized carbons (Fsp3) is 0.208. The molecule has 7 nitrogen and oxygen atoms in total. The van der Waals surface area contributed by atoms with Crippen molar-refractivity contribution in [2.24, 2.45) is 0 Å². The van der Waals surface area contributed by atoms with E-state index >= 15 is 0 Å². The molecule has 3 heterocycles. The topological polar surface area (TPSA) is 74.3 Å². The number of nitrogens with zero attached hydrogens (tertiary/aromatic N) is 7. The summed E-state index contributed by atoms with van der Waals surface area (Å²) in [6, 6.07) is 12.1. The highest BCUT2D eigenvalue weighted by molar-refractivity contribution is 7.14. The van der Waals surface area contributed by atoms with Crippen LogP contribution in [0.15, 0.2) is 55.1 Å². The summed E-state index contributed by atoms with van der Waals surface area (Å²) in [7, 11) is 0. The van der Waals surface area contributed by atoms with Crippen LogP contribution in [0.5, 0.6) is 0 Å². The molecule has 0 radical (unpaired) electrons. The van der Waals surface area contributed by atoms with Crippen LogP contribution in [0.25, 0.3) is 27.8 Å². The number of imidazole rings is 1. The molecule has 0 unspecified atom stereocenters. The van der Waals surface area contributed by atoms with Crippen LogP contribution < -0.4 is 0 Å². The smallest absolute Gasteiger partial charge is 0.294 e. The third-order valence-corrected chi connectivity index (χ3v) is 8.27. The summed E-state index contributed by atoms with van der Waals surface area (Å²) in [5.74, 6) is 0.438. The number of benzene rings is 2. The van der Waals surface area contributed by atoms with Crippen LogP contribution in [-0.4, -0.2) is 40.7 Å². The van der Waals surface area contributed by atoms with Gasteiger partial charge in [0.25, 0.3) is 0 Å². The van der Waals surface area contributed by atoms with Crippen LogP contribution in [0.4, 0.5) is 13.2 Å². The Morgan fingerprint density at radius 1 is 0.974 bits per heavy atom.